The van der Waals surface area contributed by atoms with Crippen LogP contribution in [0.2, 0.25) is 0 Å². The van der Waals surface area contributed by atoms with Crippen LogP contribution in [0.1, 0.15) is 24.1 Å². The molecule has 0 heterocycles. The summed E-state index contributed by atoms with van der Waals surface area (Å²) in [6.45, 7) is 2.19. The fourth-order valence-electron chi connectivity index (χ4n) is 1.26. The maximum Gasteiger partial charge on any atom is 0.0685 e. The van der Waals surface area contributed by atoms with Crippen molar-refractivity contribution in [3.8, 4) is 0 Å². The van der Waals surface area contributed by atoms with E-state index in [1.54, 1.807) is 0 Å². The molecule has 2 nitrogen and oxygen atoms in total. The van der Waals surface area contributed by atoms with E-state index in [0.717, 1.165) is 5.56 Å². The van der Waals surface area contributed by atoms with Crippen molar-refractivity contribution < 1.29 is 5.11 Å². The van der Waals surface area contributed by atoms with E-state index < -0.39 is 0 Å². The van der Waals surface area contributed by atoms with Crippen molar-refractivity contribution in [3.63, 3.8) is 0 Å². The molecular formula is C10H15NO. The quantitative estimate of drug-likeness (QED) is 0.710. The highest BCUT2D eigenvalue weighted by atomic mass is 16.3. The number of aliphatic hydroxyl groups is 1. The van der Waals surface area contributed by atoms with Crippen molar-refractivity contribution in [2.24, 2.45) is 0 Å². The average Bonchev–Trinajstić information content (AvgIpc) is 2.16. The molecule has 0 aliphatic rings. The van der Waals surface area contributed by atoms with Gasteiger partial charge in [-0.25, -0.2) is 0 Å². The Balaban J connectivity index is 2.96. The van der Waals surface area contributed by atoms with Crippen molar-refractivity contribution in [1.82, 2.24) is 5.32 Å². The Kier molecular flexibility index (Phi) is 3.26. The smallest absolute Gasteiger partial charge is 0.0685 e. The zero-order valence-corrected chi connectivity index (χ0v) is 7.54. The second kappa shape index (κ2) is 4.24. The Morgan fingerprint density at radius 1 is 1.42 bits per heavy atom. The second-order valence-electron chi connectivity index (χ2n) is 2.87. The van der Waals surface area contributed by atoms with Crippen LogP contribution in [0.25, 0.3) is 0 Å². The van der Waals surface area contributed by atoms with Gasteiger partial charge >= 0.3 is 0 Å². The minimum atomic E-state index is 0.113. The average molecular weight is 165 g/mol. The van der Waals surface area contributed by atoms with Gasteiger partial charge < -0.3 is 10.4 Å². The Hall–Kier alpha value is -0.860. The fraction of sp³-hybridized carbons (Fsp3) is 0.400. The second-order valence-corrected chi connectivity index (χ2v) is 2.87. The van der Waals surface area contributed by atoms with Crippen molar-refractivity contribution in [3.05, 3.63) is 35.4 Å². The van der Waals surface area contributed by atoms with Crippen LogP contribution in [-0.4, -0.2) is 12.2 Å². The molecule has 12 heavy (non-hydrogen) atoms. The van der Waals surface area contributed by atoms with E-state index >= 15 is 0 Å². The molecule has 0 spiro atoms. The minimum absolute atomic E-state index is 0.113. The molecule has 0 aliphatic carbocycles. The van der Waals surface area contributed by atoms with Gasteiger partial charge in [-0.1, -0.05) is 24.3 Å². The van der Waals surface area contributed by atoms with Gasteiger partial charge in [-0.15, -0.1) is 0 Å². The highest BCUT2D eigenvalue weighted by Gasteiger charge is 2.05. The highest BCUT2D eigenvalue weighted by molar-refractivity contribution is 5.28. The molecule has 0 aromatic heterocycles. The third-order valence-corrected chi connectivity index (χ3v) is 2.12. The molecule has 1 aromatic carbocycles. The summed E-state index contributed by atoms with van der Waals surface area (Å²) in [5, 5.41) is 12.2. The minimum Gasteiger partial charge on any atom is -0.392 e. The van der Waals surface area contributed by atoms with E-state index in [1.807, 2.05) is 31.3 Å². The fourth-order valence-corrected chi connectivity index (χ4v) is 1.26. The summed E-state index contributed by atoms with van der Waals surface area (Å²) >= 11 is 0. The lowest BCUT2D eigenvalue weighted by molar-refractivity contribution is 0.279. The molecule has 1 rings (SSSR count). The van der Waals surface area contributed by atoms with Crippen LogP contribution in [0.3, 0.4) is 0 Å². The maximum absolute atomic E-state index is 9.04. The zero-order valence-electron chi connectivity index (χ0n) is 7.54. The lowest BCUT2D eigenvalue weighted by Crippen LogP contribution is -2.14. The third-order valence-electron chi connectivity index (χ3n) is 2.12. The first-order valence-corrected chi connectivity index (χ1v) is 4.15. The summed E-state index contributed by atoms with van der Waals surface area (Å²) in [7, 11) is 1.92. The van der Waals surface area contributed by atoms with E-state index in [1.165, 1.54) is 5.56 Å². The van der Waals surface area contributed by atoms with Crippen LogP contribution < -0.4 is 5.32 Å². The molecule has 1 atom stereocenters. The Bertz CT molecular complexity index is 247. The lowest BCUT2D eigenvalue weighted by atomic mass is 10.0. The summed E-state index contributed by atoms with van der Waals surface area (Å²) in [6.07, 6.45) is 0. The van der Waals surface area contributed by atoms with E-state index in [0.29, 0.717) is 6.04 Å². The molecule has 0 aliphatic heterocycles. The molecule has 0 saturated carbocycles. The van der Waals surface area contributed by atoms with Crippen LogP contribution >= 0.6 is 0 Å². The third kappa shape index (κ3) is 1.84. The van der Waals surface area contributed by atoms with E-state index in [-0.39, 0.29) is 6.61 Å². The zero-order chi connectivity index (χ0) is 8.97. The molecule has 0 radical (unpaired) electrons. The highest BCUT2D eigenvalue weighted by Crippen LogP contribution is 2.16. The molecule has 1 aromatic rings. The van der Waals surface area contributed by atoms with Gasteiger partial charge in [0.05, 0.1) is 6.61 Å². The topological polar surface area (TPSA) is 32.3 Å². The molecule has 66 valence electrons. The number of benzene rings is 1. The van der Waals surface area contributed by atoms with Crippen LogP contribution in [0.5, 0.6) is 0 Å². The van der Waals surface area contributed by atoms with Gasteiger partial charge in [0.2, 0.25) is 0 Å². The summed E-state index contributed by atoms with van der Waals surface area (Å²) in [4.78, 5) is 0. The molecule has 2 N–H and O–H groups in total. The normalized spacial score (nSPS) is 12.9. The van der Waals surface area contributed by atoms with E-state index in [9.17, 15) is 0 Å². The number of hydrogen-bond donors (Lipinski definition) is 2. The van der Waals surface area contributed by atoms with Crippen LogP contribution in [0.15, 0.2) is 24.3 Å². The monoisotopic (exact) mass is 165 g/mol. The summed E-state index contributed by atoms with van der Waals surface area (Å²) in [6, 6.07) is 8.21. The van der Waals surface area contributed by atoms with E-state index in [4.69, 9.17) is 5.11 Å². The molecule has 0 amide bonds. The van der Waals surface area contributed by atoms with Gasteiger partial charge in [0, 0.05) is 6.04 Å². The van der Waals surface area contributed by atoms with Crippen LogP contribution in [0, 0.1) is 0 Å². The summed E-state index contributed by atoms with van der Waals surface area (Å²) in [5.74, 6) is 0. The Labute approximate surface area is 73.2 Å². The van der Waals surface area contributed by atoms with Gasteiger partial charge in [-0.2, -0.15) is 0 Å². The van der Waals surface area contributed by atoms with Crippen molar-refractivity contribution >= 4 is 0 Å². The number of nitrogens with one attached hydrogen (secondary N) is 1. The Morgan fingerprint density at radius 3 is 2.67 bits per heavy atom. The van der Waals surface area contributed by atoms with Gasteiger partial charge in [-0.05, 0) is 25.1 Å². The molecule has 0 saturated heterocycles. The SMILES string of the molecule is CN[C@H](C)c1ccccc1CO. The molecule has 2 heteroatoms. The van der Waals surface area contributed by atoms with Gasteiger partial charge in [0.25, 0.3) is 0 Å². The summed E-state index contributed by atoms with van der Waals surface area (Å²) < 4.78 is 0. The van der Waals surface area contributed by atoms with Crippen molar-refractivity contribution in [1.29, 1.82) is 0 Å². The number of rotatable bonds is 3. The summed E-state index contributed by atoms with van der Waals surface area (Å²) in [5.41, 5.74) is 2.17. The molecule has 0 fully saturated rings. The van der Waals surface area contributed by atoms with Crippen LogP contribution in [0.4, 0.5) is 0 Å². The van der Waals surface area contributed by atoms with Crippen molar-refractivity contribution in [2.45, 2.75) is 19.6 Å². The lowest BCUT2D eigenvalue weighted by Gasteiger charge is -2.13. The van der Waals surface area contributed by atoms with Gasteiger partial charge in [0.15, 0.2) is 0 Å². The van der Waals surface area contributed by atoms with Gasteiger partial charge in [-0.3, -0.25) is 0 Å². The molecular weight excluding hydrogens is 150 g/mol. The standard InChI is InChI=1S/C10H15NO/c1-8(11-2)10-6-4-3-5-9(10)7-12/h3-6,8,11-12H,7H2,1-2H3/t8-/m1/s1. The predicted molar refractivity (Wildman–Crippen MR) is 49.8 cm³/mol. The first-order chi connectivity index (χ1) is 5.79. The predicted octanol–water partition coefficient (Wildman–Crippen LogP) is 1.46. The van der Waals surface area contributed by atoms with Crippen LogP contribution in [-0.2, 0) is 6.61 Å². The first-order valence-electron chi connectivity index (χ1n) is 4.15. The number of aliphatic hydroxyl groups excluding tert-OH is 1. The number of hydrogen-bond acceptors (Lipinski definition) is 2. The van der Waals surface area contributed by atoms with Crippen molar-refractivity contribution in [2.75, 3.05) is 7.05 Å². The first kappa shape index (κ1) is 9.23. The van der Waals surface area contributed by atoms with E-state index in [2.05, 4.69) is 12.2 Å². The maximum atomic E-state index is 9.04. The van der Waals surface area contributed by atoms with Gasteiger partial charge in [0.1, 0.15) is 0 Å². The molecule has 0 unspecified atom stereocenters. The Morgan fingerprint density at radius 2 is 2.08 bits per heavy atom. The largest absolute Gasteiger partial charge is 0.392 e. The molecule has 0 bridgehead atoms.